The number of aromatic nitrogens is 3. The maximum Gasteiger partial charge on any atom is 0.344 e. The van der Waals surface area contributed by atoms with Crippen molar-refractivity contribution < 1.29 is 0 Å². The molecule has 1 aliphatic carbocycles. The van der Waals surface area contributed by atoms with Crippen LogP contribution in [0.3, 0.4) is 0 Å². The molecule has 90 valence electrons. The fraction of sp³-hybridized carbons (Fsp3) is 0.800. The lowest BCUT2D eigenvalue weighted by molar-refractivity contribution is 0.533. The number of rotatable bonds is 5. The molecule has 0 saturated heterocycles. The van der Waals surface area contributed by atoms with Crippen molar-refractivity contribution in [2.24, 2.45) is 11.7 Å². The second-order valence-corrected chi connectivity index (χ2v) is 5.57. The number of hydrogen-bond acceptors (Lipinski definition) is 4. The zero-order chi connectivity index (χ0) is 11.7. The summed E-state index contributed by atoms with van der Waals surface area (Å²) in [4.78, 5) is 11.5. The van der Waals surface area contributed by atoms with Crippen LogP contribution in [0.4, 0.5) is 0 Å². The summed E-state index contributed by atoms with van der Waals surface area (Å²) in [5, 5.41) is 7.25. The molecule has 0 amide bonds. The molecule has 0 aliphatic heterocycles. The van der Waals surface area contributed by atoms with Gasteiger partial charge in [0.1, 0.15) is 0 Å². The summed E-state index contributed by atoms with van der Waals surface area (Å²) in [6, 6.07) is 0.364. The Morgan fingerprint density at radius 3 is 2.88 bits per heavy atom. The Labute approximate surface area is 98.8 Å². The van der Waals surface area contributed by atoms with E-state index in [1.165, 1.54) is 12.8 Å². The Balaban J connectivity index is 2.00. The van der Waals surface area contributed by atoms with E-state index in [1.807, 2.05) is 13.8 Å². The standard InChI is InChI=1S/C10H18N4OS/c1-6(2)14-9(15)12-13-10(14)16-5-8(11)7-3-4-7/h6-8H,3-5,11H2,1-2H3,(H,12,15). The lowest BCUT2D eigenvalue weighted by atomic mass is 10.2. The first-order chi connectivity index (χ1) is 7.59. The zero-order valence-corrected chi connectivity index (χ0v) is 10.5. The number of H-pyrrole nitrogens is 1. The summed E-state index contributed by atoms with van der Waals surface area (Å²) in [7, 11) is 0. The smallest absolute Gasteiger partial charge is 0.327 e. The predicted molar refractivity (Wildman–Crippen MR) is 64.7 cm³/mol. The quantitative estimate of drug-likeness (QED) is 0.755. The van der Waals surface area contributed by atoms with Crippen LogP contribution in [0.5, 0.6) is 0 Å². The van der Waals surface area contributed by atoms with E-state index in [0.29, 0.717) is 5.92 Å². The molecule has 16 heavy (non-hydrogen) atoms. The lowest BCUT2D eigenvalue weighted by Crippen LogP contribution is -2.26. The molecule has 0 radical (unpaired) electrons. The van der Waals surface area contributed by atoms with Gasteiger partial charge in [-0.15, -0.1) is 5.10 Å². The summed E-state index contributed by atoms with van der Waals surface area (Å²) in [6.07, 6.45) is 2.50. The van der Waals surface area contributed by atoms with Crippen LogP contribution >= 0.6 is 11.8 Å². The van der Waals surface area contributed by atoms with Gasteiger partial charge in [0.2, 0.25) is 0 Å². The maximum atomic E-state index is 11.5. The van der Waals surface area contributed by atoms with Crippen molar-refractivity contribution in [1.29, 1.82) is 0 Å². The van der Waals surface area contributed by atoms with Crippen molar-refractivity contribution in [2.45, 2.75) is 43.9 Å². The Hall–Kier alpha value is -0.750. The molecule has 1 aromatic rings. The number of nitrogens with zero attached hydrogens (tertiary/aromatic N) is 2. The van der Waals surface area contributed by atoms with E-state index in [-0.39, 0.29) is 17.8 Å². The van der Waals surface area contributed by atoms with Crippen molar-refractivity contribution >= 4 is 11.8 Å². The molecule has 1 atom stereocenters. The average Bonchev–Trinajstić information content (AvgIpc) is 2.99. The van der Waals surface area contributed by atoms with Crippen LogP contribution in [-0.4, -0.2) is 26.6 Å². The molecule has 0 aromatic carbocycles. The molecule has 5 nitrogen and oxygen atoms in total. The van der Waals surface area contributed by atoms with Crippen LogP contribution in [0.15, 0.2) is 9.95 Å². The second kappa shape index (κ2) is 4.63. The summed E-state index contributed by atoms with van der Waals surface area (Å²) in [5.41, 5.74) is 5.87. The maximum absolute atomic E-state index is 11.5. The van der Waals surface area contributed by atoms with E-state index in [9.17, 15) is 4.79 Å². The number of aromatic amines is 1. The highest BCUT2D eigenvalue weighted by molar-refractivity contribution is 7.99. The molecule has 1 aliphatic rings. The van der Waals surface area contributed by atoms with E-state index >= 15 is 0 Å². The Bertz CT molecular complexity index is 407. The molecule has 2 rings (SSSR count). The molecule has 1 heterocycles. The average molecular weight is 242 g/mol. The van der Waals surface area contributed by atoms with Crippen molar-refractivity contribution in [3.05, 3.63) is 10.5 Å². The van der Waals surface area contributed by atoms with Gasteiger partial charge in [-0.25, -0.2) is 9.89 Å². The highest BCUT2D eigenvalue weighted by Crippen LogP contribution is 2.33. The molecule has 1 saturated carbocycles. The fourth-order valence-electron chi connectivity index (χ4n) is 1.68. The lowest BCUT2D eigenvalue weighted by Gasteiger charge is -2.11. The Morgan fingerprint density at radius 2 is 2.31 bits per heavy atom. The van der Waals surface area contributed by atoms with E-state index < -0.39 is 0 Å². The first-order valence-electron chi connectivity index (χ1n) is 5.65. The minimum absolute atomic E-state index is 0.130. The summed E-state index contributed by atoms with van der Waals surface area (Å²) in [6.45, 7) is 3.95. The highest BCUT2D eigenvalue weighted by atomic mass is 32.2. The molecular formula is C10H18N4OS. The first kappa shape index (κ1) is 11.7. The minimum atomic E-state index is -0.141. The molecule has 0 bridgehead atoms. The molecular weight excluding hydrogens is 224 g/mol. The highest BCUT2D eigenvalue weighted by Gasteiger charge is 2.28. The van der Waals surface area contributed by atoms with Gasteiger partial charge in [-0.3, -0.25) is 4.57 Å². The van der Waals surface area contributed by atoms with Crippen molar-refractivity contribution in [3.63, 3.8) is 0 Å². The molecule has 3 N–H and O–H groups in total. The summed E-state index contributed by atoms with van der Waals surface area (Å²) >= 11 is 1.57. The first-order valence-corrected chi connectivity index (χ1v) is 6.63. The minimum Gasteiger partial charge on any atom is -0.327 e. The van der Waals surface area contributed by atoms with Gasteiger partial charge in [-0.2, -0.15) is 0 Å². The molecule has 1 unspecified atom stereocenters. The van der Waals surface area contributed by atoms with Crippen LogP contribution in [0.1, 0.15) is 32.7 Å². The van der Waals surface area contributed by atoms with Crippen LogP contribution in [0.25, 0.3) is 0 Å². The Morgan fingerprint density at radius 1 is 1.62 bits per heavy atom. The van der Waals surface area contributed by atoms with E-state index in [4.69, 9.17) is 5.73 Å². The number of nitrogens with two attached hydrogens (primary N) is 1. The van der Waals surface area contributed by atoms with Gasteiger partial charge in [0.05, 0.1) is 0 Å². The van der Waals surface area contributed by atoms with Crippen LogP contribution in [-0.2, 0) is 0 Å². The van der Waals surface area contributed by atoms with Crippen molar-refractivity contribution in [1.82, 2.24) is 14.8 Å². The van der Waals surface area contributed by atoms with E-state index in [0.717, 1.165) is 10.9 Å². The van der Waals surface area contributed by atoms with Crippen LogP contribution in [0, 0.1) is 5.92 Å². The third-order valence-corrected chi connectivity index (χ3v) is 3.92. The fourth-order valence-corrected chi connectivity index (χ4v) is 2.84. The zero-order valence-electron chi connectivity index (χ0n) is 9.64. The molecule has 0 spiro atoms. The van der Waals surface area contributed by atoms with Gasteiger partial charge in [0.25, 0.3) is 0 Å². The number of thioether (sulfide) groups is 1. The molecule has 1 fully saturated rings. The van der Waals surface area contributed by atoms with Gasteiger partial charge in [-0.05, 0) is 32.6 Å². The predicted octanol–water partition coefficient (Wildman–Crippen LogP) is 0.982. The molecule has 6 heteroatoms. The SMILES string of the molecule is CC(C)n1c(SCC(N)C2CC2)n[nH]c1=O. The van der Waals surface area contributed by atoms with Gasteiger partial charge in [-0.1, -0.05) is 11.8 Å². The summed E-state index contributed by atoms with van der Waals surface area (Å²) < 4.78 is 1.67. The van der Waals surface area contributed by atoms with E-state index in [1.54, 1.807) is 16.3 Å². The van der Waals surface area contributed by atoms with Crippen LogP contribution in [0.2, 0.25) is 0 Å². The van der Waals surface area contributed by atoms with Crippen molar-refractivity contribution in [2.75, 3.05) is 5.75 Å². The number of nitrogens with one attached hydrogen (secondary N) is 1. The van der Waals surface area contributed by atoms with Gasteiger partial charge < -0.3 is 5.73 Å². The van der Waals surface area contributed by atoms with Crippen LogP contribution < -0.4 is 11.4 Å². The van der Waals surface area contributed by atoms with Gasteiger partial charge in [0, 0.05) is 17.8 Å². The largest absolute Gasteiger partial charge is 0.344 e. The number of hydrogen-bond donors (Lipinski definition) is 2. The van der Waals surface area contributed by atoms with Gasteiger partial charge in [0.15, 0.2) is 5.16 Å². The van der Waals surface area contributed by atoms with E-state index in [2.05, 4.69) is 10.2 Å². The van der Waals surface area contributed by atoms with Gasteiger partial charge >= 0.3 is 5.69 Å². The second-order valence-electron chi connectivity index (χ2n) is 4.59. The third kappa shape index (κ3) is 2.49. The summed E-state index contributed by atoms with van der Waals surface area (Å²) in [5.74, 6) is 1.52. The molecule has 1 aromatic heterocycles. The Kier molecular flexibility index (Phi) is 3.39. The van der Waals surface area contributed by atoms with Crippen molar-refractivity contribution in [3.8, 4) is 0 Å². The third-order valence-electron chi connectivity index (χ3n) is 2.82. The topological polar surface area (TPSA) is 76.7 Å². The monoisotopic (exact) mass is 242 g/mol. The normalized spacial score (nSPS) is 18.0.